The van der Waals surface area contributed by atoms with Crippen LogP contribution in [0.1, 0.15) is 36.9 Å². The van der Waals surface area contributed by atoms with Gasteiger partial charge in [0, 0.05) is 32.0 Å². The van der Waals surface area contributed by atoms with Crippen LogP contribution in [0.4, 0.5) is 0 Å². The average molecular weight is 352 g/mol. The van der Waals surface area contributed by atoms with Crippen LogP contribution in [0.2, 0.25) is 0 Å². The standard InChI is InChI=1S/C22H28N2O2/c1-16-8-10-19(11-9-16)26-20-12-14-24(15-13-20)22(25)17(2)21(23)18-6-4-3-5-7-18/h3-11,17,20-21H,12-15,23H2,1-2H3. The van der Waals surface area contributed by atoms with Crippen LogP contribution in [0.5, 0.6) is 5.75 Å². The number of nitrogens with zero attached hydrogens (tertiary/aromatic N) is 1. The summed E-state index contributed by atoms with van der Waals surface area (Å²) in [7, 11) is 0. The Balaban J connectivity index is 1.52. The summed E-state index contributed by atoms with van der Waals surface area (Å²) >= 11 is 0. The molecule has 1 amide bonds. The minimum absolute atomic E-state index is 0.134. The van der Waals surface area contributed by atoms with Gasteiger partial charge in [0.2, 0.25) is 5.91 Å². The Morgan fingerprint density at radius 1 is 1.08 bits per heavy atom. The molecule has 1 aliphatic heterocycles. The molecule has 138 valence electrons. The molecule has 2 N–H and O–H groups in total. The summed E-state index contributed by atoms with van der Waals surface area (Å²) in [6, 6.07) is 17.7. The lowest BCUT2D eigenvalue weighted by Gasteiger charge is -2.35. The molecule has 0 spiro atoms. The number of nitrogens with two attached hydrogens (primary N) is 1. The Kier molecular flexibility index (Phi) is 5.94. The van der Waals surface area contributed by atoms with E-state index >= 15 is 0 Å². The lowest BCUT2D eigenvalue weighted by molar-refractivity contribution is -0.137. The van der Waals surface area contributed by atoms with E-state index in [0.29, 0.717) is 0 Å². The van der Waals surface area contributed by atoms with Gasteiger partial charge >= 0.3 is 0 Å². The molecule has 2 aromatic rings. The monoisotopic (exact) mass is 352 g/mol. The fraction of sp³-hybridized carbons (Fsp3) is 0.409. The Labute approximate surface area is 156 Å². The largest absolute Gasteiger partial charge is 0.490 e. The van der Waals surface area contributed by atoms with Crippen molar-refractivity contribution in [2.24, 2.45) is 11.7 Å². The second-order valence-corrected chi connectivity index (χ2v) is 7.18. The molecule has 0 aromatic heterocycles. The number of likely N-dealkylation sites (tertiary alicyclic amines) is 1. The molecule has 1 aliphatic rings. The van der Waals surface area contributed by atoms with Gasteiger partial charge in [0.25, 0.3) is 0 Å². The number of piperidine rings is 1. The molecule has 1 heterocycles. The van der Waals surface area contributed by atoms with Gasteiger partial charge in [-0.05, 0) is 24.6 Å². The Morgan fingerprint density at radius 3 is 2.31 bits per heavy atom. The highest BCUT2D eigenvalue weighted by Crippen LogP contribution is 2.24. The summed E-state index contributed by atoms with van der Waals surface area (Å²) in [6.07, 6.45) is 1.87. The van der Waals surface area contributed by atoms with Gasteiger partial charge < -0.3 is 15.4 Å². The van der Waals surface area contributed by atoms with Gasteiger partial charge in [0.15, 0.2) is 0 Å². The minimum atomic E-state index is -0.273. The summed E-state index contributed by atoms with van der Waals surface area (Å²) in [6.45, 7) is 5.44. The molecule has 4 nitrogen and oxygen atoms in total. The van der Waals surface area contributed by atoms with Gasteiger partial charge in [0.1, 0.15) is 11.9 Å². The van der Waals surface area contributed by atoms with E-state index in [9.17, 15) is 4.79 Å². The normalized spacial score (nSPS) is 17.6. The summed E-state index contributed by atoms with van der Waals surface area (Å²) < 4.78 is 6.05. The van der Waals surface area contributed by atoms with Crippen molar-refractivity contribution in [3.63, 3.8) is 0 Å². The lowest BCUT2D eigenvalue weighted by atomic mass is 9.93. The number of carbonyl (C=O) groups excluding carboxylic acids is 1. The second-order valence-electron chi connectivity index (χ2n) is 7.18. The first kappa shape index (κ1) is 18.5. The van der Waals surface area contributed by atoms with Gasteiger partial charge in [0.05, 0.1) is 5.92 Å². The molecule has 2 aromatic carbocycles. The van der Waals surface area contributed by atoms with Crippen molar-refractivity contribution in [1.82, 2.24) is 4.90 Å². The topological polar surface area (TPSA) is 55.6 Å². The number of aryl methyl sites for hydroxylation is 1. The van der Waals surface area contributed by atoms with E-state index in [2.05, 4.69) is 19.1 Å². The van der Waals surface area contributed by atoms with Crippen molar-refractivity contribution in [3.8, 4) is 5.75 Å². The van der Waals surface area contributed by atoms with Crippen LogP contribution in [0.25, 0.3) is 0 Å². The number of rotatable bonds is 5. The molecule has 4 heteroatoms. The maximum atomic E-state index is 12.8. The Bertz CT molecular complexity index is 707. The van der Waals surface area contributed by atoms with Gasteiger partial charge in [-0.25, -0.2) is 0 Å². The van der Waals surface area contributed by atoms with E-state index < -0.39 is 0 Å². The number of ether oxygens (including phenoxy) is 1. The first-order valence-corrected chi connectivity index (χ1v) is 9.37. The molecule has 26 heavy (non-hydrogen) atoms. The summed E-state index contributed by atoms with van der Waals surface area (Å²) in [5, 5.41) is 0. The average Bonchev–Trinajstić information content (AvgIpc) is 2.69. The van der Waals surface area contributed by atoms with Crippen molar-refractivity contribution in [2.75, 3.05) is 13.1 Å². The molecule has 0 radical (unpaired) electrons. The zero-order chi connectivity index (χ0) is 18.5. The fourth-order valence-corrected chi connectivity index (χ4v) is 3.41. The molecule has 0 aliphatic carbocycles. The number of benzene rings is 2. The van der Waals surface area contributed by atoms with Crippen LogP contribution in [0.15, 0.2) is 54.6 Å². The van der Waals surface area contributed by atoms with E-state index in [4.69, 9.17) is 10.5 Å². The van der Waals surface area contributed by atoms with E-state index in [1.54, 1.807) is 0 Å². The maximum absolute atomic E-state index is 12.8. The highest BCUT2D eigenvalue weighted by Gasteiger charge is 2.30. The first-order chi connectivity index (χ1) is 12.5. The van der Waals surface area contributed by atoms with Gasteiger partial charge in [-0.3, -0.25) is 4.79 Å². The zero-order valence-corrected chi connectivity index (χ0v) is 15.6. The summed E-state index contributed by atoms with van der Waals surface area (Å²) in [4.78, 5) is 14.8. The summed E-state index contributed by atoms with van der Waals surface area (Å²) in [5.74, 6) is 0.807. The SMILES string of the molecule is Cc1ccc(OC2CCN(C(=O)C(C)C(N)c3ccccc3)CC2)cc1. The van der Waals surface area contributed by atoms with Crippen LogP contribution in [-0.2, 0) is 4.79 Å². The highest BCUT2D eigenvalue weighted by molar-refractivity contribution is 5.79. The number of hydrogen-bond acceptors (Lipinski definition) is 3. The van der Waals surface area contributed by atoms with E-state index in [1.165, 1.54) is 5.56 Å². The van der Waals surface area contributed by atoms with Crippen molar-refractivity contribution in [1.29, 1.82) is 0 Å². The molecule has 2 unspecified atom stereocenters. The molecule has 2 atom stereocenters. The Morgan fingerprint density at radius 2 is 1.69 bits per heavy atom. The lowest BCUT2D eigenvalue weighted by Crippen LogP contribution is -2.45. The molecule has 0 saturated carbocycles. The summed E-state index contributed by atoms with van der Waals surface area (Å²) in [5.41, 5.74) is 8.54. The zero-order valence-electron chi connectivity index (χ0n) is 15.6. The third-order valence-electron chi connectivity index (χ3n) is 5.19. The van der Waals surface area contributed by atoms with E-state index in [-0.39, 0.29) is 24.0 Å². The van der Waals surface area contributed by atoms with Crippen molar-refractivity contribution in [3.05, 3.63) is 65.7 Å². The molecular weight excluding hydrogens is 324 g/mol. The van der Waals surface area contributed by atoms with Gasteiger partial charge in [-0.2, -0.15) is 0 Å². The van der Waals surface area contributed by atoms with Gasteiger partial charge in [-0.15, -0.1) is 0 Å². The fourth-order valence-electron chi connectivity index (χ4n) is 3.41. The third-order valence-corrected chi connectivity index (χ3v) is 5.19. The second kappa shape index (κ2) is 8.37. The minimum Gasteiger partial charge on any atom is -0.490 e. The predicted molar refractivity (Wildman–Crippen MR) is 104 cm³/mol. The van der Waals surface area contributed by atoms with Gasteiger partial charge in [-0.1, -0.05) is 55.0 Å². The first-order valence-electron chi connectivity index (χ1n) is 9.37. The molecular formula is C22H28N2O2. The number of amides is 1. The Hall–Kier alpha value is -2.33. The maximum Gasteiger partial charge on any atom is 0.227 e. The van der Waals surface area contributed by atoms with Crippen LogP contribution in [0, 0.1) is 12.8 Å². The third kappa shape index (κ3) is 4.44. The number of carbonyl (C=O) groups is 1. The number of hydrogen-bond donors (Lipinski definition) is 1. The predicted octanol–water partition coefficient (Wildman–Crippen LogP) is 3.70. The van der Waals surface area contributed by atoms with E-state index in [0.717, 1.165) is 37.2 Å². The quantitative estimate of drug-likeness (QED) is 0.893. The van der Waals surface area contributed by atoms with Crippen molar-refractivity contribution in [2.45, 2.75) is 38.8 Å². The highest BCUT2D eigenvalue weighted by atomic mass is 16.5. The molecule has 0 bridgehead atoms. The smallest absolute Gasteiger partial charge is 0.227 e. The van der Waals surface area contributed by atoms with Crippen LogP contribution in [-0.4, -0.2) is 30.0 Å². The van der Waals surface area contributed by atoms with E-state index in [1.807, 2.05) is 54.3 Å². The molecule has 1 saturated heterocycles. The van der Waals surface area contributed by atoms with Crippen LogP contribution in [0.3, 0.4) is 0 Å². The van der Waals surface area contributed by atoms with Crippen molar-refractivity contribution < 1.29 is 9.53 Å². The van der Waals surface area contributed by atoms with Crippen molar-refractivity contribution >= 4 is 5.91 Å². The molecule has 1 fully saturated rings. The molecule has 3 rings (SSSR count). The van der Waals surface area contributed by atoms with Crippen LogP contribution < -0.4 is 10.5 Å². The van der Waals surface area contributed by atoms with Crippen LogP contribution >= 0.6 is 0 Å².